The Balaban J connectivity index is 3.03. The van der Waals surface area contributed by atoms with Gasteiger partial charge in [-0.3, -0.25) is 4.79 Å². The largest absolute Gasteiger partial charge is 0.294 e. The Morgan fingerprint density at radius 1 is 1.45 bits per heavy atom. The molecule has 1 aromatic carbocycles. The summed E-state index contributed by atoms with van der Waals surface area (Å²) in [6.07, 6.45) is 1.56. The second-order valence-electron chi connectivity index (χ2n) is 2.13. The first kappa shape index (κ1) is 8.47. The van der Waals surface area contributed by atoms with Crippen LogP contribution < -0.4 is 0 Å². The van der Waals surface area contributed by atoms with Crippen LogP contribution in [0.1, 0.15) is 17.3 Å². The Kier molecular flexibility index (Phi) is 2.83. The molecule has 57 valence electrons. The molecule has 0 atom stereocenters. The minimum Gasteiger partial charge on any atom is -0.294 e. The third-order valence-corrected chi connectivity index (χ3v) is 2.09. The van der Waals surface area contributed by atoms with E-state index in [1.165, 1.54) is 0 Å². The molecule has 1 radical (unpaired) electrons. The van der Waals surface area contributed by atoms with Gasteiger partial charge in [-0.05, 0) is 6.07 Å². The number of rotatable bonds is 2. The summed E-state index contributed by atoms with van der Waals surface area (Å²) in [5.74, 6) is 0.0532. The minimum atomic E-state index is 0.0532. The van der Waals surface area contributed by atoms with Crippen molar-refractivity contribution in [3.63, 3.8) is 0 Å². The van der Waals surface area contributed by atoms with Crippen LogP contribution in [-0.2, 0) is 0 Å². The maximum atomic E-state index is 11.1. The number of benzene rings is 1. The molecule has 0 saturated heterocycles. The molecular weight excluding hydrogens is 204 g/mol. The molecule has 1 nitrogen and oxygen atoms in total. The van der Waals surface area contributed by atoms with Crippen LogP contribution in [0, 0.1) is 6.42 Å². The van der Waals surface area contributed by atoms with Crippen LogP contribution in [0.25, 0.3) is 0 Å². The van der Waals surface area contributed by atoms with Crippen molar-refractivity contribution in [2.75, 3.05) is 0 Å². The zero-order chi connectivity index (χ0) is 8.27. The maximum Gasteiger partial charge on any atom is 0.167 e. The zero-order valence-corrected chi connectivity index (χ0v) is 7.76. The summed E-state index contributed by atoms with van der Waals surface area (Å²) in [5.41, 5.74) is 0.718. The number of Topliss-reactive ketones (excluding diaryl/α,β-unsaturated/α-hetero) is 1. The Labute approximate surface area is 74.6 Å². The summed E-state index contributed by atoms with van der Waals surface area (Å²) < 4.78 is 0.850. The predicted octanol–water partition coefficient (Wildman–Crippen LogP) is 2.86. The molecule has 0 amide bonds. The monoisotopic (exact) mass is 211 g/mol. The highest BCUT2D eigenvalue weighted by Crippen LogP contribution is 2.16. The van der Waals surface area contributed by atoms with E-state index in [1.54, 1.807) is 19.4 Å². The van der Waals surface area contributed by atoms with Crippen molar-refractivity contribution < 1.29 is 4.79 Å². The molecule has 2 heteroatoms. The summed E-state index contributed by atoms with van der Waals surface area (Å²) in [6, 6.07) is 7.39. The first-order chi connectivity index (χ1) is 5.25. The molecular formula is C9H8BrO. The lowest BCUT2D eigenvalue weighted by atomic mass is 10.1. The standard InChI is InChI=1S/C9H8BrO/c1-2-9(11)7-5-3-4-6-8(7)10/h2-6H,1H3. The molecule has 0 aliphatic heterocycles. The first-order valence-electron chi connectivity index (χ1n) is 3.34. The van der Waals surface area contributed by atoms with Crippen LogP contribution in [0.4, 0.5) is 0 Å². The van der Waals surface area contributed by atoms with E-state index in [0.717, 1.165) is 10.0 Å². The van der Waals surface area contributed by atoms with E-state index in [0.29, 0.717) is 0 Å². The van der Waals surface area contributed by atoms with Gasteiger partial charge in [0.05, 0.1) is 0 Å². The zero-order valence-electron chi connectivity index (χ0n) is 6.17. The third-order valence-electron chi connectivity index (χ3n) is 1.40. The SMILES string of the molecule is C[CH]C(=O)c1ccccc1Br. The van der Waals surface area contributed by atoms with Gasteiger partial charge in [-0.25, -0.2) is 0 Å². The van der Waals surface area contributed by atoms with E-state index in [1.807, 2.05) is 18.2 Å². The van der Waals surface area contributed by atoms with Gasteiger partial charge in [0.25, 0.3) is 0 Å². The molecule has 0 saturated carbocycles. The lowest BCUT2D eigenvalue weighted by Gasteiger charge is -1.98. The Morgan fingerprint density at radius 2 is 2.09 bits per heavy atom. The number of hydrogen-bond donors (Lipinski definition) is 0. The Bertz CT molecular complexity index is 268. The number of carbonyl (C=O) groups is 1. The van der Waals surface area contributed by atoms with Crippen LogP contribution in [0.3, 0.4) is 0 Å². The molecule has 11 heavy (non-hydrogen) atoms. The Morgan fingerprint density at radius 3 is 2.64 bits per heavy atom. The molecule has 0 unspecified atom stereocenters. The van der Waals surface area contributed by atoms with Crippen molar-refractivity contribution >= 4 is 21.7 Å². The van der Waals surface area contributed by atoms with E-state index in [-0.39, 0.29) is 5.78 Å². The van der Waals surface area contributed by atoms with Crippen molar-refractivity contribution in [3.8, 4) is 0 Å². The third kappa shape index (κ3) is 1.90. The molecule has 0 aliphatic rings. The van der Waals surface area contributed by atoms with Crippen molar-refractivity contribution in [1.82, 2.24) is 0 Å². The van der Waals surface area contributed by atoms with Gasteiger partial charge < -0.3 is 0 Å². The van der Waals surface area contributed by atoms with Gasteiger partial charge in [0, 0.05) is 16.5 Å². The number of hydrogen-bond acceptors (Lipinski definition) is 1. The molecule has 0 fully saturated rings. The topological polar surface area (TPSA) is 17.1 Å². The lowest BCUT2D eigenvalue weighted by molar-refractivity contribution is 0.103. The van der Waals surface area contributed by atoms with Gasteiger partial charge in [0.1, 0.15) is 0 Å². The average Bonchev–Trinajstić information content (AvgIpc) is 2.04. The van der Waals surface area contributed by atoms with E-state index < -0.39 is 0 Å². The van der Waals surface area contributed by atoms with Gasteiger partial charge in [-0.1, -0.05) is 41.1 Å². The van der Waals surface area contributed by atoms with Crippen molar-refractivity contribution in [1.29, 1.82) is 0 Å². The van der Waals surface area contributed by atoms with Gasteiger partial charge in [-0.15, -0.1) is 0 Å². The summed E-state index contributed by atoms with van der Waals surface area (Å²) in [4.78, 5) is 11.1. The molecule has 0 bridgehead atoms. The molecule has 0 aliphatic carbocycles. The molecule has 1 aromatic rings. The quantitative estimate of drug-likeness (QED) is 0.689. The van der Waals surface area contributed by atoms with Crippen LogP contribution in [0.2, 0.25) is 0 Å². The number of carbonyl (C=O) groups excluding carboxylic acids is 1. The molecule has 1 rings (SSSR count). The van der Waals surface area contributed by atoms with Crippen LogP contribution in [0.5, 0.6) is 0 Å². The van der Waals surface area contributed by atoms with Gasteiger partial charge in [0.2, 0.25) is 0 Å². The highest BCUT2D eigenvalue weighted by Gasteiger charge is 2.05. The number of halogens is 1. The van der Waals surface area contributed by atoms with Gasteiger partial charge >= 0.3 is 0 Å². The smallest absolute Gasteiger partial charge is 0.167 e. The first-order valence-corrected chi connectivity index (χ1v) is 4.13. The summed E-state index contributed by atoms with van der Waals surface area (Å²) >= 11 is 3.30. The second kappa shape index (κ2) is 3.67. The fourth-order valence-electron chi connectivity index (χ4n) is 0.817. The minimum absolute atomic E-state index is 0.0532. The van der Waals surface area contributed by atoms with E-state index in [4.69, 9.17) is 0 Å². The second-order valence-corrected chi connectivity index (χ2v) is 2.99. The van der Waals surface area contributed by atoms with E-state index in [2.05, 4.69) is 15.9 Å². The van der Waals surface area contributed by atoms with E-state index >= 15 is 0 Å². The predicted molar refractivity (Wildman–Crippen MR) is 48.4 cm³/mol. The van der Waals surface area contributed by atoms with E-state index in [9.17, 15) is 4.79 Å². The fourth-order valence-corrected chi connectivity index (χ4v) is 1.30. The van der Waals surface area contributed by atoms with Crippen molar-refractivity contribution in [2.24, 2.45) is 0 Å². The van der Waals surface area contributed by atoms with Gasteiger partial charge in [-0.2, -0.15) is 0 Å². The van der Waals surface area contributed by atoms with Crippen LogP contribution in [0.15, 0.2) is 28.7 Å². The fraction of sp³-hybridized carbons (Fsp3) is 0.111. The van der Waals surface area contributed by atoms with Gasteiger partial charge in [0.15, 0.2) is 5.78 Å². The molecule has 0 spiro atoms. The normalized spacial score (nSPS) is 9.64. The number of ketones is 1. The molecule has 0 aromatic heterocycles. The van der Waals surface area contributed by atoms with Crippen molar-refractivity contribution in [2.45, 2.75) is 6.92 Å². The molecule has 0 heterocycles. The molecule has 0 N–H and O–H groups in total. The van der Waals surface area contributed by atoms with Crippen LogP contribution in [-0.4, -0.2) is 5.78 Å². The highest BCUT2D eigenvalue weighted by molar-refractivity contribution is 9.10. The summed E-state index contributed by atoms with van der Waals surface area (Å²) in [5, 5.41) is 0. The Hall–Kier alpha value is -0.630. The highest BCUT2D eigenvalue weighted by atomic mass is 79.9. The maximum absolute atomic E-state index is 11.1. The summed E-state index contributed by atoms with van der Waals surface area (Å²) in [6.45, 7) is 1.74. The lowest BCUT2D eigenvalue weighted by Crippen LogP contribution is -1.97. The average molecular weight is 212 g/mol. The van der Waals surface area contributed by atoms with Crippen LogP contribution >= 0.6 is 15.9 Å². The van der Waals surface area contributed by atoms with Crippen molar-refractivity contribution in [3.05, 3.63) is 40.7 Å². The summed E-state index contributed by atoms with van der Waals surface area (Å²) in [7, 11) is 0.